The van der Waals surface area contributed by atoms with Crippen molar-refractivity contribution < 1.29 is 5.11 Å². The van der Waals surface area contributed by atoms with E-state index >= 15 is 0 Å². The highest BCUT2D eigenvalue weighted by Gasteiger charge is 1.96. The Hall–Kier alpha value is -0.0800. The van der Waals surface area contributed by atoms with E-state index in [4.69, 9.17) is 5.11 Å². The maximum Gasteiger partial charge on any atom is 0.0431 e. The number of aliphatic hydroxyl groups is 1. The molecule has 0 fully saturated rings. The van der Waals surface area contributed by atoms with E-state index in [0.717, 1.165) is 19.4 Å². The summed E-state index contributed by atoms with van der Waals surface area (Å²) in [5, 5.41) is 8.57. The molecule has 0 aliphatic rings. The fourth-order valence-corrected chi connectivity index (χ4v) is 1.24. The van der Waals surface area contributed by atoms with Crippen LogP contribution in [0.25, 0.3) is 0 Å². The lowest BCUT2D eigenvalue weighted by atomic mass is 10.2. The molecule has 0 saturated heterocycles. The lowest BCUT2D eigenvalue weighted by Gasteiger charge is -2.15. The number of aliphatic hydroxyl groups excluding tert-OH is 1. The molecule has 0 unspecified atom stereocenters. The van der Waals surface area contributed by atoms with Gasteiger partial charge in [-0.3, -0.25) is 0 Å². The number of rotatable bonds is 8. The standard InChI is InChI=1S/C10H23NO/c1-3-4-5-8-11(2)9-6-7-10-12/h12H,3-10H2,1-2H3. The molecule has 74 valence electrons. The first kappa shape index (κ1) is 11.9. The molecular formula is C10H23NO. The van der Waals surface area contributed by atoms with Crippen LogP contribution in [0.4, 0.5) is 0 Å². The van der Waals surface area contributed by atoms with Crippen molar-refractivity contribution in [2.24, 2.45) is 0 Å². The van der Waals surface area contributed by atoms with E-state index in [1.807, 2.05) is 0 Å². The van der Waals surface area contributed by atoms with Crippen molar-refractivity contribution >= 4 is 0 Å². The minimum Gasteiger partial charge on any atom is -0.396 e. The van der Waals surface area contributed by atoms with Gasteiger partial charge in [-0.15, -0.1) is 0 Å². The summed E-state index contributed by atoms with van der Waals surface area (Å²) in [5.74, 6) is 0. The molecule has 2 heteroatoms. The second kappa shape index (κ2) is 9.01. The fraction of sp³-hybridized carbons (Fsp3) is 1.00. The zero-order valence-corrected chi connectivity index (χ0v) is 8.55. The molecule has 0 bridgehead atoms. The SMILES string of the molecule is CCCCCN(C)CCCCO. The van der Waals surface area contributed by atoms with Gasteiger partial charge in [0.05, 0.1) is 0 Å². The van der Waals surface area contributed by atoms with Crippen LogP contribution in [0, 0.1) is 0 Å². The average molecular weight is 173 g/mol. The van der Waals surface area contributed by atoms with Crippen LogP contribution in [0.15, 0.2) is 0 Å². The zero-order valence-electron chi connectivity index (χ0n) is 8.55. The summed E-state index contributed by atoms with van der Waals surface area (Å²) in [4.78, 5) is 2.35. The van der Waals surface area contributed by atoms with Gasteiger partial charge in [0, 0.05) is 6.61 Å². The van der Waals surface area contributed by atoms with Gasteiger partial charge in [0.1, 0.15) is 0 Å². The predicted octanol–water partition coefficient (Wildman–Crippen LogP) is 1.88. The lowest BCUT2D eigenvalue weighted by molar-refractivity contribution is 0.262. The number of hydrogen-bond donors (Lipinski definition) is 1. The van der Waals surface area contributed by atoms with Crippen molar-refractivity contribution in [3.8, 4) is 0 Å². The minimum absolute atomic E-state index is 0.336. The van der Waals surface area contributed by atoms with Crippen LogP contribution in [0.5, 0.6) is 0 Å². The molecule has 0 rings (SSSR count). The Balaban J connectivity index is 3.04. The van der Waals surface area contributed by atoms with Crippen LogP contribution in [-0.4, -0.2) is 36.8 Å². The molecule has 0 aromatic heterocycles. The van der Waals surface area contributed by atoms with Gasteiger partial charge < -0.3 is 10.0 Å². The van der Waals surface area contributed by atoms with Crippen LogP contribution in [0.1, 0.15) is 39.0 Å². The maximum atomic E-state index is 8.57. The topological polar surface area (TPSA) is 23.5 Å². The Labute approximate surface area is 76.6 Å². The summed E-state index contributed by atoms with van der Waals surface area (Å²) in [6.07, 6.45) is 6.01. The molecule has 0 aromatic rings. The molecule has 0 radical (unpaired) electrons. The number of nitrogens with zero attached hydrogens (tertiary/aromatic N) is 1. The molecular weight excluding hydrogens is 150 g/mol. The molecule has 0 spiro atoms. The highest BCUT2D eigenvalue weighted by atomic mass is 16.2. The average Bonchev–Trinajstić information content (AvgIpc) is 2.06. The summed E-state index contributed by atoms with van der Waals surface area (Å²) >= 11 is 0. The van der Waals surface area contributed by atoms with Crippen molar-refractivity contribution in [2.75, 3.05) is 26.7 Å². The molecule has 0 aliphatic carbocycles. The van der Waals surface area contributed by atoms with Gasteiger partial charge in [-0.2, -0.15) is 0 Å². The molecule has 2 nitrogen and oxygen atoms in total. The van der Waals surface area contributed by atoms with E-state index in [9.17, 15) is 0 Å². The molecule has 12 heavy (non-hydrogen) atoms. The first-order valence-corrected chi connectivity index (χ1v) is 5.10. The van der Waals surface area contributed by atoms with Crippen molar-refractivity contribution in [3.63, 3.8) is 0 Å². The highest BCUT2D eigenvalue weighted by Crippen LogP contribution is 1.98. The Morgan fingerprint density at radius 2 is 1.58 bits per heavy atom. The largest absolute Gasteiger partial charge is 0.396 e. The van der Waals surface area contributed by atoms with E-state index in [-0.39, 0.29) is 0 Å². The molecule has 0 atom stereocenters. The molecule has 1 N–H and O–H groups in total. The quantitative estimate of drug-likeness (QED) is 0.566. The molecule has 0 amide bonds. The van der Waals surface area contributed by atoms with Gasteiger partial charge in [0.2, 0.25) is 0 Å². The van der Waals surface area contributed by atoms with Crippen LogP contribution < -0.4 is 0 Å². The first-order chi connectivity index (χ1) is 5.81. The van der Waals surface area contributed by atoms with Crippen molar-refractivity contribution in [3.05, 3.63) is 0 Å². The monoisotopic (exact) mass is 173 g/mol. The summed E-state index contributed by atoms with van der Waals surface area (Å²) in [6.45, 7) is 4.90. The molecule has 0 saturated carbocycles. The van der Waals surface area contributed by atoms with E-state index in [0.29, 0.717) is 6.61 Å². The molecule has 0 heterocycles. The molecule has 0 aliphatic heterocycles. The van der Waals surface area contributed by atoms with Gasteiger partial charge in [-0.1, -0.05) is 19.8 Å². The van der Waals surface area contributed by atoms with Gasteiger partial charge >= 0.3 is 0 Å². The van der Waals surface area contributed by atoms with Gasteiger partial charge in [0.15, 0.2) is 0 Å². The van der Waals surface area contributed by atoms with Crippen LogP contribution in [-0.2, 0) is 0 Å². The second-order valence-electron chi connectivity index (χ2n) is 3.44. The first-order valence-electron chi connectivity index (χ1n) is 5.10. The predicted molar refractivity (Wildman–Crippen MR) is 53.3 cm³/mol. The van der Waals surface area contributed by atoms with E-state index in [2.05, 4.69) is 18.9 Å². The summed E-state index contributed by atoms with van der Waals surface area (Å²) < 4.78 is 0. The van der Waals surface area contributed by atoms with Gasteiger partial charge in [-0.05, 0) is 39.4 Å². The van der Waals surface area contributed by atoms with Crippen molar-refractivity contribution in [2.45, 2.75) is 39.0 Å². The maximum absolute atomic E-state index is 8.57. The molecule has 0 aromatic carbocycles. The Bertz CT molecular complexity index is 75.9. The van der Waals surface area contributed by atoms with Crippen molar-refractivity contribution in [1.29, 1.82) is 0 Å². The third-order valence-electron chi connectivity index (χ3n) is 2.09. The Morgan fingerprint density at radius 1 is 1.00 bits per heavy atom. The van der Waals surface area contributed by atoms with E-state index in [1.165, 1.54) is 25.8 Å². The number of unbranched alkanes of at least 4 members (excludes halogenated alkanes) is 3. The van der Waals surface area contributed by atoms with Crippen LogP contribution in [0.3, 0.4) is 0 Å². The third-order valence-corrected chi connectivity index (χ3v) is 2.09. The third kappa shape index (κ3) is 8.02. The van der Waals surface area contributed by atoms with Gasteiger partial charge in [0.25, 0.3) is 0 Å². The summed E-state index contributed by atoms with van der Waals surface area (Å²) in [6, 6.07) is 0. The summed E-state index contributed by atoms with van der Waals surface area (Å²) in [7, 11) is 2.16. The number of hydrogen-bond acceptors (Lipinski definition) is 2. The van der Waals surface area contributed by atoms with E-state index < -0.39 is 0 Å². The second-order valence-corrected chi connectivity index (χ2v) is 3.44. The van der Waals surface area contributed by atoms with E-state index in [1.54, 1.807) is 0 Å². The fourth-order valence-electron chi connectivity index (χ4n) is 1.24. The summed E-state index contributed by atoms with van der Waals surface area (Å²) in [5.41, 5.74) is 0. The van der Waals surface area contributed by atoms with Gasteiger partial charge in [-0.25, -0.2) is 0 Å². The highest BCUT2D eigenvalue weighted by molar-refractivity contribution is 4.51. The minimum atomic E-state index is 0.336. The zero-order chi connectivity index (χ0) is 9.23. The lowest BCUT2D eigenvalue weighted by Crippen LogP contribution is -2.21. The van der Waals surface area contributed by atoms with Crippen molar-refractivity contribution in [1.82, 2.24) is 4.90 Å². The normalized spacial score (nSPS) is 11.0. The van der Waals surface area contributed by atoms with Crippen LogP contribution >= 0.6 is 0 Å². The smallest absolute Gasteiger partial charge is 0.0431 e. The Morgan fingerprint density at radius 3 is 2.08 bits per heavy atom. The Kier molecular flexibility index (Phi) is 8.95. The van der Waals surface area contributed by atoms with Crippen LogP contribution in [0.2, 0.25) is 0 Å².